The van der Waals surface area contributed by atoms with Crippen molar-refractivity contribution in [1.29, 1.82) is 0 Å². The standard InChI is InChI=1S/C24H17BrN2O8/c1-33-20-10-13(5-7-18(20)34-12-16-6-8-19(35-16)23(30)31)9-17-21(28)26-24(32)27(22(17)29)15-4-2-3-14(25)11-15/h2-11H,12H2,1H3,(H,30,31)(H,26,28,32)/b17-9+. The van der Waals surface area contributed by atoms with Gasteiger partial charge < -0.3 is 19.0 Å². The molecule has 3 aromatic rings. The van der Waals surface area contributed by atoms with Gasteiger partial charge in [-0.25, -0.2) is 14.5 Å². The van der Waals surface area contributed by atoms with Gasteiger partial charge in [0.2, 0.25) is 5.76 Å². The summed E-state index contributed by atoms with van der Waals surface area (Å²) in [6.07, 6.45) is 1.34. The molecule has 1 aliphatic rings. The number of hydrogen-bond acceptors (Lipinski definition) is 7. The van der Waals surface area contributed by atoms with Gasteiger partial charge in [0, 0.05) is 4.47 Å². The molecule has 0 saturated carbocycles. The van der Waals surface area contributed by atoms with Gasteiger partial charge in [-0.3, -0.25) is 14.9 Å². The third kappa shape index (κ3) is 5.09. The number of carboxylic acid groups (broad SMARTS) is 1. The molecule has 2 N–H and O–H groups in total. The molecule has 0 spiro atoms. The number of amides is 4. The van der Waals surface area contributed by atoms with Crippen molar-refractivity contribution in [3.8, 4) is 11.5 Å². The minimum Gasteiger partial charge on any atom is -0.493 e. The van der Waals surface area contributed by atoms with Crippen molar-refractivity contribution in [2.24, 2.45) is 0 Å². The third-order valence-electron chi connectivity index (χ3n) is 4.91. The van der Waals surface area contributed by atoms with Crippen molar-refractivity contribution in [2.75, 3.05) is 12.0 Å². The van der Waals surface area contributed by atoms with E-state index in [1.165, 1.54) is 25.3 Å². The minimum absolute atomic E-state index is 0.0469. The summed E-state index contributed by atoms with van der Waals surface area (Å²) >= 11 is 3.30. The van der Waals surface area contributed by atoms with Crippen molar-refractivity contribution < 1.29 is 38.2 Å². The second-order valence-corrected chi connectivity index (χ2v) is 8.12. The Balaban J connectivity index is 1.57. The molecule has 0 aliphatic carbocycles. The number of ether oxygens (including phenoxy) is 2. The Bertz CT molecular complexity index is 1380. The molecule has 4 amide bonds. The van der Waals surface area contributed by atoms with E-state index in [1.54, 1.807) is 42.5 Å². The number of carbonyl (C=O) groups excluding carboxylic acids is 3. The summed E-state index contributed by atoms with van der Waals surface area (Å²) in [4.78, 5) is 49.6. The normalized spacial score (nSPS) is 14.7. The molecule has 11 heteroatoms. The molecule has 1 fully saturated rings. The second-order valence-electron chi connectivity index (χ2n) is 7.21. The van der Waals surface area contributed by atoms with Gasteiger partial charge in [0.05, 0.1) is 12.8 Å². The van der Waals surface area contributed by atoms with Gasteiger partial charge in [-0.2, -0.15) is 0 Å². The predicted octanol–water partition coefficient (Wildman–Crippen LogP) is 3.99. The van der Waals surface area contributed by atoms with Crippen LogP contribution in [0.15, 0.2) is 69.1 Å². The smallest absolute Gasteiger partial charge is 0.371 e. The van der Waals surface area contributed by atoms with E-state index in [4.69, 9.17) is 19.0 Å². The lowest BCUT2D eigenvalue weighted by Crippen LogP contribution is -2.54. The van der Waals surface area contributed by atoms with Crippen LogP contribution in [0.25, 0.3) is 6.08 Å². The van der Waals surface area contributed by atoms with Gasteiger partial charge in [-0.15, -0.1) is 0 Å². The average Bonchev–Trinajstić information content (AvgIpc) is 3.30. The molecule has 1 aromatic heterocycles. The topological polar surface area (TPSA) is 135 Å². The van der Waals surface area contributed by atoms with E-state index >= 15 is 0 Å². The quantitative estimate of drug-likeness (QED) is 0.339. The number of nitrogens with one attached hydrogen (secondary N) is 1. The fourth-order valence-electron chi connectivity index (χ4n) is 3.29. The zero-order valence-electron chi connectivity index (χ0n) is 18.1. The number of halogens is 1. The molecule has 0 bridgehead atoms. The maximum absolute atomic E-state index is 13.0. The summed E-state index contributed by atoms with van der Waals surface area (Å²) in [5.41, 5.74) is 0.505. The van der Waals surface area contributed by atoms with Gasteiger partial charge >= 0.3 is 12.0 Å². The highest BCUT2D eigenvalue weighted by atomic mass is 79.9. The van der Waals surface area contributed by atoms with Crippen LogP contribution >= 0.6 is 15.9 Å². The lowest BCUT2D eigenvalue weighted by Gasteiger charge is -2.26. The molecule has 0 unspecified atom stereocenters. The second kappa shape index (κ2) is 9.85. The first kappa shape index (κ1) is 23.8. The molecule has 2 heterocycles. The molecule has 2 aromatic carbocycles. The summed E-state index contributed by atoms with van der Waals surface area (Å²) in [7, 11) is 1.42. The molecule has 0 atom stereocenters. The summed E-state index contributed by atoms with van der Waals surface area (Å²) in [5, 5.41) is 11.1. The Hall–Kier alpha value is -4.38. The molecule has 35 heavy (non-hydrogen) atoms. The SMILES string of the molecule is COc1cc(/C=C2\C(=O)NC(=O)N(c3cccc(Br)c3)C2=O)ccc1OCc1ccc(C(=O)O)o1. The Kier molecular flexibility index (Phi) is 6.69. The van der Waals surface area contributed by atoms with Crippen LogP contribution in [-0.2, 0) is 16.2 Å². The monoisotopic (exact) mass is 540 g/mol. The number of barbiturate groups is 1. The van der Waals surface area contributed by atoms with E-state index < -0.39 is 23.8 Å². The maximum Gasteiger partial charge on any atom is 0.371 e. The zero-order valence-corrected chi connectivity index (χ0v) is 19.7. The summed E-state index contributed by atoms with van der Waals surface area (Å²) in [5.74, 6) is -2.06. The number of aromatic carboxylic acids is 1. The molecular weight excluding hydrogens is 524 g/mol. The van der Waals surface area contributed by atoms with Gasteiger partial charge in [-0.1, -0.05) is 28.1 Å². The number of rotatable bonds is 7. The average molecular weight is 541 g/mol. The minimum atomic E-state index is -1.19. The largest absolute Gasteiger partial charge is 0.493 e. The molecule has 178 valence electrons. The van der Waals surface area contributed by atoms with E-state index in [0.29, 0.717) is 33.0 Å². The highest BCUT2D eigenvalue weighted by Crippen LogP contribution is 2.31. The molecule has 1 aliphatic heterocycles. The molecule has 10 nitrogen and oxygen atoms in total. The van der Waals surface area contributed by atoms with Crippen LogP contribution in [0.4, 0.5) is 10.5 Å². The van der Waals surface area contributed by atoms with Crippen molar-refractivity contribution in [2.45, 2.75) is 6.61 Å². The lowest BCUT2D eigenvalue weighted by atomic mass is 10.1. The number of carbonyl (C=O) groups is 4. The molecule has 0 radical (unpaired) electrons. The van der Waals surface area contributed by atoms with E-state index in [9.17, 15) is 19.2 Å². The van der Waals surface area contributed by atoms with E-state index in [1.807, 2.05) is 0 Å². The number of imide groups is 2. The third-order valence-corrected chi connectivity index (χ3v) is 5.40. The molecule has 1 saturated heterocycles. The summed E-state index contributed by atoms with van der Waals surface area (Å²) in [6.45, 7) is -0.0469. The highest BCUT2D eigenvalue weighted by Gasteiger charge is 2.36. The maximum atomic E-state index is 13.0. The first-order chi connectivity index (χ1) is 16.8. The lowest BCUT2D eigenvalue weighted by molar-refractivity contribution is -0.122. The number of carboxylic acids is 1. The number of urea groups is 1. The number of hydrogen-bond donors (Lipinski definition) is 2. The fraction of sp³-hybridized carbons (Fsp3) is 0.0833. The van der Waals surface area contributed by atoms with Crippen LogP contribution in [0.2, 0.25) is 0 Å². The first-order valence-electron chi connectivity index (χ1n) is 10.1. The van der Waals surface area contributed by atoms with Crippen LogP contribution in [-0.4, -0.2) is 36.0 Å². The number of methoxy groups -OCH3 is 1. The van der Waals surface area contributed by atoms with Crippen LogP contribution in [0.3, 0.4) is 0 Å². The Labute approximate surface area is 206 Å². The van der Waals surface area contributed by atoms with Gasteiger partial charge in [-0.05, 0) is 54.1 Å². The van der Waals surface area contributed by atoms with E-state index in [0.717, 1.165) is 4.90 Å². The number of anilines is 1. The Morgan fingerprint density at radius 3 is 2.60 bits per heavy atom. The Morgan fingerprint density at radius 2 is 1.91 bits per heavy atom. The van der Waals surface area contributed by atoms with Crippen molar-refractivity contribution >= 4 is 51.5 Å². The highest BCUT2D eigenvalue weighted by molar-refractivity contribution is 9.10. The number of furan rings is 1. The fourth-order valence-corrected chi connectivity index (χ4v) is 3.67. The van der Waals surface area contributed by atoms with Crippen LogP contribution in [0, 0.1) is 0 Å². The van der Waals surface area contributed by atoms with Crippen LogP contribution in [0.5, 0.6) is 11.5 Å². The van der Waals surface area contributed by atoms with Crippen molar-refractivity contribution in [3.05, 3.63) is 81.7 Å². The summed E-state index contributed by atoms with van der Waals surface area (Å²) < 4.78 is 16.8. The molecular formula is C24H17BrN2O8. The van der Waals surface area contributed by atoms with E-state index in [2.05, 4.69) is 21.2 Å². The van der Waals surface area contributed by atoms with Crippen molar-refractivity contribution in [1.82, 2.24) is 5.32 Å². The summed E-state index contributed by atoms with van der Waals surface area (Å²) in [6, 6.07) is 13.2. The molecule has 4 rings (SSSR count). The van der Waals surface area contributed by atoms with Gasteiger partial charge in [0.15, 0.2) is 11.5 Å². The van der Waals surface area contributed by atoms with Crippen molar-refractivity contribution in [3.63, 3.8) is 0 Å². The number of benzene rings is 2. The first-order valence-corrected chi connectivity index (χ1v) is 10.9. The zero-order chi connectivity index (χ0) is 25.1. The number of nitrogens with zero attached hydrogens (tertiary/aromatic N) is 1. The van der Waals surface area contributed by atoms with Crippen LogP contribution < -0.4 is 19.7 Å². The van der Waals surface area contributed by atoms with E-state index in [-0.39, 0.29) is 17.9 Å². The van der Waals surface area contributed by atoms with Gasteiger partial charge in [0.25, 0.3) is 11.8 Å². The Morgan fingerprint density at radius 1 is 1.11 bits per heavy atom. The van der Waals surface area contributed by atoms with Crippen LogP contribution in [0.1, 0.15) is 21.9 Å². The predicted molar refractivity (Wildman–Crippen MR) is 126 cm³/mol. The van der Waals surface area contributed by atoms with Gasteiger partial charge in [0.1, 0.15) is 17.9 Å².